The Kier molecular flexibility index (Phi) is 4.53. The van der Waals surface area contributed by atoms with Gasteiger partial charge in [-0.05, 0) is 18.2 Å². The molecule has 9 heteroatoms. The molecule has 2 aromatic heterocycles. The molecule has 0 spiro atoms. The van der Waals surface area contributed by atoms with Crippen LogP contribution in [0.4, 0.5) is 5.69 Å². The van der Waals surface area contributed by atoms with Crippen LogP contribution < -0.4 is 0 Å². The second-order valence-corrected chi connectivity index (χ2v) is 9.17. The number of aromatic nitrogens is 2. The van der Waals surface area contributed by atoms with E-state index in [1.54, 1.807) is 12.1 Å². The molecule has 0 saturated heterocycles. The van der Waals surface area contributed by atoms with E-state index < -0.39 is 0 Å². The molecular formula is C21H7Cl2N3O2S2. The Hall–Kier alpha value is -2.89. The van der Waals surface area contributed by atoms with Gasteiger partial charge in [-0.15, -0.1) is 0 Å². The Bertz CT molecular complexity index is 1390. The average molecular weight is 468 g/mol. The predicted molar refractivity (Wildman–Crippen MR) is 120 cm³/mol. The molecular weight excluding hydrogens is 461 g/mol. The summed E-state index contributed by atoms with van der Waals surface area (Å²) in [5.74, 6) is -0.777. The standard InChI is InChI=1S/C21H7Cl2N3O2S2/c1-24-10-4-2-9(3-5-10)19-26-21-20(30-19)25-16(29-21)8-13-17(27)11-6-14(22)15(23)7-12(11)18(13)28/h2-8H. The maximum atomic E-state index is 12.7. The number of allylic oxidation sites excluding steroid dienone is 1. The van der Waals surface area contributed by atoms with Crippen LogP contribution in [-0.4, -0.2) is 21.5 Å². The summed E-state index contributed by atoms with van der Waals surface area (Å²) < 4.78 is 0. The monoisotopic (exact) mass is 467 g/mol. The fourth-order valence-electron chi connectivity index (χ4n) is 3.09. The summed E-state index contributed by atoms with van der Waals surface area (Å²) in [5, 5.41) is 1.78. The number of fused-ring (bicyclic) bond motifs is 2. The van der Waals surface area contributed by atoms with Crippen molar-refractivity contribution >= 4 is 78.9 Å². The zero-order chi connectivity index (χ0) is 21.0. The number of hydrogen-bond donors (Lipinski definition) is 0. The van der Waals surface area contributed by atoms with Gasteiger partial charge in [-0.25, -0.2) is 14.8 Å². The molecule has 0 bridgehead atoms. The van der Waals surface area contributed by atoms with Gasteiger partial charge in [-0.3, -0.25) is 9.59 Å². The van der Waals surface area contributed by atoms with Crippen LogP contribution in [0, 0.1) is 6.57 Å². The first-order valence-electron chi connectivity index (χ1n) is 8.50. The molecule has 0 unspecified atom stereocenters. The van der Waals surface area contributed by atoms with E-state index in [9.17, 15) is 9.59 Å². The van der Waals surface area contributed by atoms with Crippen molar-refractivity contribution in [2.45, 2.75) is 0 Å². The smallest absolute Gasteiger partial charge is 0.197 e. The van der Waals surface area contributed by atoms with Gasteiger partial charge in [0, 0.05) is 16.7 Å². The maximum absolute atomic E-state index is 12.7. The average Bonchev–Trinajstić information content (AvgIpc) is 3.37. The van der Waals surface area contributed by atoms with E-state index in [0.717, 1.165) is 20.2 Å². The number of Topliss-reactive ketones (excluding diaryl/α,β-unsaturated/α-hetero) is 2. The molecule has 0 atom stereocenters. The van der Waals surface area contributed by atoms with Gasteiger partial charge in [0.05, 0.1) is 22.2 Å². The SMILES string of the molecule is [C-]#[N+]c1ccc(-c2nc3sc(C=C4C(=O)c5cc(Cl)c(Cl)cc5C4=O)nc3s2)cc1. The van der Waals surface area contributed by atoms with Crippen LogP contribution in [0.15, 0.2) is 42.0 Å². The topological polar surface area (TPSA) is 64.3 Å². The van der Waals surface area contributed by atoms with E-state index in [-0.39, 0.29) is 38.3 Å². The molecule has 0 N–H and O–H groups in total. The Labute approximate surface area is 188 Å². The van der Waals surface area contributed by atoms with Gasteiger partial charge < -0.3 is 0 Å². The molecule has 0 saturated carbocycles. The van der Waals surface area contributed by atoms with Gasteiger partial charge in [0.25, 0.3) is 0 Å². The quantitative estimate of drug-likeness (QED) is 0.186. The lowest BCUT2D eigenvalue weighted by atomic mass is 10.1. The molecule has 4 aromatic rings. The van der Waals surface area contributed by atoms with Gasteiger partial charge >= 0.3 is 0 Å². The summed E-state index contributed by atoms with van der Waals surface area (Å²) >= 11 is 14.7. The molecule has 1 aliphatic carbocycles. The molecule has 0 radical (unpaired) electrons. The van der Waals surface area contributed by atoms with Crippen molar-refractivity contribution in [3.8, 4) is 10.6 Å². The zero-order valence-corrected chi connectivity index (χ0v) is 17.9. The van der Waals surface area contributed by atoms with Crippen LogP contribution in [0.2, 0.25) is 10.0 Å². The van der Waals surface area contributed by atoms with Crippen molar-refractivity contribution in [2.75, 3.05) is 0 Å². The molecule has 30 heavy (non-hydrogen) atoms. The van der Waals surface area contributed by atoms with Crippen LogP contribution in [-0.2, 0) is 0 Å². The van der Waals surface area contributed by atoms with Gasteiger partial charge in [0.15, 0.2) is 26.9 Å². The van der Waals surface area contributed by atoms with Gasteiger partial charge in [-0.2, -0.15) is 0 Å². The maximum Gasteiger partial charge on any atom is 0.197 e. The highest BCUT2D eigenvalue weighted by Gasteiger charge is 2.34. The van der Waals surface area contributed by atoms with E-state index >= 15 is 0 Å². The number of rotatable bonds is 2. The molecule has 0 aliphatic heterocycles. The first-order chi connectivity index (χ1) is 14.4. The molecule has 144 valence electrons. The van der Waals surface area contributed by atoms with Crippen molar-refractivity contribution in [2.24, 2.45) is 0 Å². The van der Waals surface area contributed by atoms with Crippen molar-refractivity contribution in [1.29, 1.82) is 0 Å². The second-order valence-electron chi connectivity index (χ2n) is 6.37. The lowest BCUT2D eigenvalue weighted by Crippen LogP contribution is -2.00. The first-order valence-corrected chi connectivity index (χ1v) is 10.9. The van der Waals surface area contributed by atoms with Crippen LogP contribution in [0.25, 0.3) is 31.2 Å². The van der Waals surface area contributed by atoms with Crippen LogP contribution in [0.1, 0.15) is 25.7 Å². The lowest BCUT2D eigenvalue weighted by molar-refractivity contribution is 0.0990. The minimum atomic E-state index is -0.388. The van der Waals surface area contributed by atoms with Crippen molar-refractivity contribution in [1.82, 2.24) is 9.97 Å². The number of nitrogens with zero attached hydrogens (tertiary/aromatic N) is 3. The third kappa shape index (κ3) is 3.06. The minimum absolute atomic E-state index is 0.0414. The first kappa shape index (κ1) is 19.1. The third-order valence-electron chi connectivity index (χ3n) is 4.54. The van der Waals surface area contributed by atoms with Crippen LogP contribution in [0.3, 0.4) is 0 Å². The highest BCUT2D eigenvalue weighted by molar-refractivity contribution is 7.28. The fraction of sp³-hybridized carbons (Fsp3) is 0. The summed E-state index contributed by atoms with van der Waals surface area (Å²) in [6, 6.07) is 10.0. The molecule has 0 amide bonds. The Balaban J connectivity index is 1.49. The number of hydrogen-bond acceptors (Lipinski definition) is 6. The fourth-order valence-corrected chi connectivity index (χ4v) is 5.42. The molecule has 5 nitrogen and oxygen atoms in total. The Morgan fingerprint density at radius 2 is 1.50 bits per heavy atom. The molecule has 0 fully saturated rings. The summed E-state index contributed by atoms with van der Waals surface area (Å²) in [7, 11) is 0. The van der Waals surface area contributed by atoms with Gasteiger partial charge in [0.2, 0.25) is 0 Å². The van der Waals surface area contributed by atoms with Gasteiger partial charge in [-0.1, -0.05) is 70.1 Å². The number of carbonyl (C=O) groups excluding carboxylic acids is 2. The largest absolute Gasteiger partial charge is 0.288 e. The van der Waals surface area contributed by atoms with Crippen LogP contribution in [0.5, 0.6) is 0 Å². The Morgan fingerprint density at radius 3 is 2.07 bits per heavy atom. The van der Waals surface area contributed by atoms with E-state index in [2.05, 4.69) is 14.8 Å². The van der Waals surface area contributed by atoms with E-state index in [1.165, 1.54) is 40.9 Å². The Morgan fingerprint density at radius 1 is 0.900 bits per heavy atom. The van der Waals surface area contributed by atoms with E-state index in [4.69, 9.17) is 29.8 Å². The normalized spacial score (nSPS) is 13.0. The van der Waals surface area contributed by atoms with E-state index in [1.807, 2.05) is 12.1 Å². The summed E-state index contributed by atoms with van der Waals surface area (Å²) in [5.41, 5.74) is 2.02. The number of halogens is 2. The van der Waals surface area contributed by atoms with Crippen molar-refractivity contribution in [3.63, 3.8) is 0 Å². The van der Waals surface area contributed by atoms with Crippen molar-refractivity contribution in [3.05, 3.63) is 79.6 Å². The molecule has 2 aromatic carbocycles. The zero-order valence-electron chi connectivity index (χ0n) is 14.8. The lowest BCUT2D eigenvalue weighted by Gasteiger charge is -1.98. The summed E-state index contributed by atoms with van der Waals surface area (Å²) in [6.45, 7) is 7.03. The summed E-state index contributed by atoms with van der Waals surface area (Å²) in [6.07, 6.45) is 1.50. The number of ketones is 2. The third-order valence-corrected chi connectivity index (χ3v) is 7.29. The second kappa shape index (κ2) is 7.11. The minimum Gasteiger partial charge on any atom is -0.288 e. The molecule has 1 aliphatic rings. The predicted octanol–water partition coefficient (Wildman–Crippen LogP) is 6.74. The molecule has 2 heterocycles. The van der Waals surface area contributed by atoms with Crippen molar-refractivity contribution < 1.29 is 9.59 Å². The van der Waals surface area contributed by atoms with E-state index in [0.29, 0.717) is 10.7 Å². The summed E-state index contributed by atoms with van der Waals surface area (Å²) in [4.78, 5) is 39.3. The molecule has 5 rings (SSSR count). The highest BCUT2D eigenvalue weighted by Crippen LogP contribution is 2.37. The number of carbonyl (C=O) groups is 2. The van der Waals surface area contributed by atoms with Gasteiger partial charge in [0.1, 0.15) is 10.0 Å². The highest BCUT2D eigenvalue weighted by atomic mass is 35.5. The number of thiazole rings is 2. The van der Waals surface area contributed by atoms with Crippen LogP contribution >= 0.6 is 45.9 Å². The number of benzene rings is 2.